The number of aromatic amines is 1. The first-order valence-corrected chi connectivity index (χ1v) is 10.7. The van der Waals surface area contributed by atoms with Crippen molar-refractivity contribution >= 4 is 15.6 Å². The number of hydrogen-bond donors (Lipinski definition) is 3. The molecule has 12 heteroatoms. The van der Waals surface area contributed by atoms with Gasteiger partial charge in [-0.15, -0.1) is 0 Å². The van der Waals surface area contributed by atoms with E-state index in [-0.39, 0.29) is 19.3 Å². The minimum atomic E-state index is -4.28. The molecule has 0 radical (unpaired) electrons. The zero-order valence-electron chi connectivity index (χ0n) is 13.9. The minimum absolute atomic E-state index is 0.00298. The molecule has 10 nitrogen and oxygen atoms in total. The van der Waals surface area contributed by atoms with Gasteiger partial charge in [0.05, 0.1) is 19.3 Å². The quantitative estimate of drug-likeness (QED) is 0.505. The van der Waals surface area contributed by atoms with Crippen molar-refractivity contribution in [3.8, 4) is 0 Å². The highest BCUT2D eigenvalue weighted by Gasteiger charge is 2.40. The molecule has 2 unspecified atom stereocenters. The lowest BCUT2D eigenvalue weighted by Gasteiger charge is -2.21. The molecule has 1 fully saturated rings. The van der Waals surface area contributed by atoms with Crippen molar-refractivity contribution in [2.75, 3.05) is 20.3 Å². The summed E-state index contributed by atoms with van der Waals surface area (Å²) >= 11 is 0. The molecular formula is C13H23NO9P2. The van der Waals surface area contributed by atoms with Gasteiger partial charge in [0.2, 0.25) is 0 Å². The number of phosphoric acid groups is 2. The highest BCUT2D eigenvalue weighted by atomic mass is 31.2. The van der Waals surface area contributed by atoms with Crippen LogP contribution in [0.3, 0.4) is 0 Å². The van der Waals surface area contributed by atoms with Crippen LogP contribution in [0.15, 0.2) is 18.5 Å². The van der Waals surface area contributed by atoms with Gasteiger partial charge in [0, 0.05) is 25.9 Å². The fraction of sp³-hybridized carbons (Fsp3) is 0.692. The molecule has 1 aliphatic rings. The van der Waals surface area contributed by atoms with E-state index in [1.165, 1.54) is 0 Å². The molecule has 5 atom stereocenters. The van der Waals surface area contributed by atoms with E-state index in [0.29, 0.717) is 12.8 Å². The SMILES string of the molecule is COP(=O)(O)O[C@@H]1C[C@H](C)O[C@@H]1COP(=O)(O)OCCc1cc[nH]c1. The van der Waals surface area contributed by atoms with Crippen molar-refractivity contribution in [1.29, 1.82) is 0 Å². The lowest BCUT2D eigenvalue weighted by atomic mass is 10.1. The Morgan fingerprint density at radius 2 is 2.08 bits per heavy atom. The maximum absolute atomic E-state index is 11.9. The predicted octanol–water partition coefficient (Wildman–Crippen LogP) is 2.00. The Morgan fingerprint density at radius 3 is 2.72 bits per heavy atom. The fourth-order valence-corrected chi connectivity index (χ4v) is 3.77. The Morgan fingerprint density at radius 1 is 1.32 bits per heavy atom. The lowest BCUT2D eigenvalue weighted by molar-refractivity contribution is -0.0197. The molecule has 3 N–H and O–H groups in total. The third-order valence-corrected chi connectivity index (χ3v) is 5.58. The Balaban J connectivity index is 1.80. The van der Waals surface area contributed by atoms with Crippen LogP contribution in [0, 0.1) is 0 Å². The molecule has 0 amide bonds. The van der Waals surface area contributed by atoms with Crippen LogP contribution in [0.25, 0.3) is 0 Å². The van der Waals surface area contributed by atoms with Gasteiger partial charge < -0.3 is 19.5 Å². The smallest absolute Gasteiger partial charge is 0.370 e. The van der Waals surface area contributed by atoms with E-state index >= 15 is 0 Å². The molecule has 1 aromatic rings. The Kier molecular flexibility index (Phi) is 7.40. The average Bonchev–Trinajstić information content (AvgIpc) is 3.15. The summed E-state index contributed by atoms with van der Waals surface area (Å²) in [5.41, 5.74) is 0.930. The fourth-order valence-electron chi connectivity index (χ4n) is 2.39. The Bertz CT molecular complexity index is 623. The average molecular weight is 399 g/mol. The van der Waals surface area contributed by atoms with Gasteiger partial charge in [-0.3, -0.25) is 18.1 Å². The third-order valence-electron chi connectivity index (χ3n) is 3.59. The first kappa shape index (κ1) is 20.8. The maximum atomic E-state index is 11.9. The number of hydrogen-bond acceptors (Lipinski definition) is 7. The Labute approximate surface area is 145 Å². The number of phosphoric ester groups is 2. The van der Waals surface area contributed by atoms with Gasteiger partial charge in [-0.05, 0) is 25.0 Å². The van der Waals surface area contributed by atoms with E-state index in [2.05, 4.69) is 9.51 Å². The Hall–Kier alpha value is -0.540. The van der Waals surface area contributed by atoms with Gasteiger partial charge in [0.25, 0.3) is 0 Å². The lowest BCUT2D eigenvalue weighted by Crippen LogP contribution is -2.28. The summed E-state index contributed by atoms with van der Waals surface area (Å²) in [6.07, 6.45) is 2.41. The van der Waals surface area contributed by atoms with E-state index in [0.717, 1.165) is 12.7 Å². The molecule has 1 aliphatic heterocycles. The van der Waals surface area contributed by atoms with E-state index in [1.54, 1.807) is 19.3 Å². The van der Waals surface area contributed by atoms with Gasteiger partial charge in [-0.25, -0.2) is 9.13 Å². The number of rotatable bonds is 10. The third kappa shape index (κ3) is 6.94. The number of H-pyrrole nitrogens is 1. The predicted molar refractivity (Wildman–Crippen MR) is 86.9 cm³/mol. The van der Waals surface area contributed by atoms with Crippen LogP contribution in [0.1, 0.15) is 18.9 Å². The van der Waals surface area contributed by atoms with Crippen LogP contribution in [-0.2, 0) is 38.4 Å². The minimum Gasteiger partial charge on any atom is -0.370 e. The molecule has 1 saturated heterocycles. The van der Waals surface area contributed by atoms with Crippen LogP contribution in [0.4, 0.5) is 0 Å². The second-order valence-electron chi connectivity index (χ2n) is 5.58. The standard InChI is InChI=1S/C13H23NO9P2/c1-10-7-12(23-24(15,16)19-2)13(22-10)9-21-25(17,18)20-6-4-11-3-5-14-8-11/h3,5,8,10,12-14H,4,6-7,9H2,1-2H3,(H,15,16)(H,17,18)/t10-,12+,13+/m0/s1. The van der Waals surface area contributed by atoms with Crippen molar-refractivity contribution in [2.45, 2.75) is 38.1 Å². The summed E-state index contributed by atoms with van der Waals surface area (Å²) in [6, 6.07) is 1.82. The van der Waals surface area contributed by atoms with Crippen molar-refractivity contribution < 1.29 is 41.7 Å². The largest absolute Gasteiger partial charge is 0.472 e. The first-order valence-electron chi connectivity index (χ1n) is 7.67. The summed E-state index contributed by atoms with van der Waals surface area (Å²) in [5.74, 6) is 0. The molecule has 1 aromatic heterocycles. The van der Waals surface area contributed by atoms with E-state index < -0.39 is 27.9 Å². The van der Waals surface area contributed by atoms with Crippen molar-refractivity contribution in [1.82, 2.24) is 4.98 Å². The highest BCUT2D eigenvalue weighted by molar-refractivity contribution is 7.47. The van der Waals surface area contributed by atoms with Crippen molar-refractivity contribution in [2.24, 2.45) is 0 Å². The van der Waals surface area contributed by atoms with Crippen LogP contribution in [0.5, 0.6) is 0 Å². The second kappa shape index (κ2) is 8.90. The summed E-state index contributed by atoms with van der Waals surface area (Å²) in [7, 11) is -7.43. The zero-order valence-corrected chi connectivity index (χ0v) is 15.7. The zero-order chi connectivity index (χ0) is 18.5. The topological polar surface area (TPSA) is 137 Å². The van der Waals surface area contributed by atoms with E-state index in [9.17, 15) is 18.9 Å². The molecule has 2 heterocycles. The van der Waals surface area contributed by atoms with Crippen LogP contribution < -0.4 is 0 Å². The number of nitrogens with one attached hydrogen (secondary N) is 1. The van der Waals surface area contributed by atoms with Crippen molar-refractivity contribution in [3.63, 3.8) is 0 Å². The van der Waals surface area contributed by atoms with Gasteiger partial charge in [0.1, 0.15) is 12.2 Å². The van der Waals surface area contributed by atoms with Crippen LogP contribution in [-0.4, -0.2) is 53.4 Å². The van der Waals surface area contributed by atoms with Crippen LogP contribution >= 0.6 is 15.6 Å². The van der Waals surface area contributed by atoms with Crippen molar-refractivity contribution in [3.05, 3.63) is 24.0 Å². The van der Waals surface area contributed by atoms with Gasteiger partial charge in [-0.1, -0.05) is 0 Å². The molecule has 2 rings (SSSR count). The second-order valence-corrected chi connectivity index (χ2v) is 8.55. The molecular weight excluding hydrogens is 376 g/mol. The monoisotopic (exact) mass is 399 g/mol. The van der Waals surface area contributed by atoms with Crippen LogP contribution in [0.2, 0.25) is 0 Å². The molecule has 0 aliphatic carbocycles. The molecule has 0 spiro atoms. The van der Waals surface area contributed by atoms with Gasteiger partial charge in [-0.2, -0.15) is 0 Å². The highest BCUT2D eigenvalue weighted by Crippen LogP contribution is 2.48. The van der Waals surface area contributed by atoms with Gasteiger partial charge in [0.15, 0.2) is 0 Å². The summed E-state index contributed by atoms with van der Waals surface area (Å²) in [4.78, 5) is 22.0. The summed E-state index contributed by atoms with van der Waals surface area (Å²) < 4.78 is 48.1. The van der Waals surface area contributed by atoms with E-state index in [4.69, 9.17) is 18.3 Å². The molecule has 144 valence electrons. The number of aromatic nitrogens is 1. The number of ether oxygens (including phenoxy) is 1. The summed E-state index contributed by atoms with van der Waals surface area (Å²) in [5, 5.41) is 0. The summed E-state index contributed by atoms with van der Waals surface area (Å²) in [6.45, 7) is 1.43. The molecule has 25 heavy (non-hydrogen) atoms. The van der Waals surface area contributed by atoms with E-state index in [1.807, 2.05) is 6.07 Å². The molecule has 0 saturated carbocycles. The van der Waals surface area contributed by atoms with Gasteiger partial charge >= 0.3 is 15.6 Å². The first-order chi connectivity index (χ1) is 11.7. The maximum Gasteiger partial charge on any atom is 0.472 e. The molecule has 0 aromatic carbocycles. The normalized spacial score (nSPS) is 28.6. The molecule has 0 bridgehead atoms.